The molecule has 0 aliphatic carbocycles. The van der Waals surface area contributed by atoms with E-state index in [-0.39, 0.29) is 12.6 Å². The minimum Gasteiger partial charge on any atom is -0.497 e. The molecule has 1 N–H and O–H groups in total. The van der Waals surface area contributed by atoms with E-state index in [4.69, 9.17) is 14.3 Å². The summed E-state index contributed by atoms with van der Waals surface area (Å²) in [5.74, 6) is 0.640. The number of hydrogen-bond donors (Lipinski definition) is 1. The van der Waals surface area contributed by atoms with Gasteiger partial charge in [0.25, 0.3) is 0 Å². The van der Waals surface area contributed by atoms with Crippen molar-refractivity contribution in [2.75, 3.05) is 26.2 Å². The number of halogens is 3. The summed E-state index contributed by atoms with van der Waals surface area (Å²) in [6.07, 6.45) is -4.50. The minimum atomic E-state index is -4.50. The van der Waals surface area contributed by atoms with Crippen LogP contribution < -0.4 is 10.2 Å². The van der Waals surface area contributed by atoms with Gasteiger partial charge in [0, 0.05) is 7.05 Å². The van der Waals surface area contributed by atoms with E-state index in [2.05, 4.69) is 10.5 Å². The van der Waals surface area contributed by atoms with Crippen molar-refractivity contribution < 1.29 is 27.5 Å². The van der Waals surface area contributed by atoms with Gasteiger partial charge in [0.1, 0.15) is 12.4 Å². The number of hydrazone groups is 1. The maximum atomic E-state index is 12.5. The van der Waals surface area contributed by atoms with Gasteiger partial charge in [-0.1, -0.05) is 30.3 Å². The van der Waals surface area contributed by atoms with Crippen LogP contribution in [0.2, 0.25) is 0 Å². The Morgan fingerprint density at radius 3 is 2.33 bits per heavy atom. The Hall–Kier alpha value is -2.94. The Kier molecular flexibility index (Phi) is 7.30. The number of nitrogens with zero attached hydrogens (tertiary/aromatic N) is 2. The lowest BCUT2D eigenvalue weighted by Gasteiger charge is -2.21. The van der Waals surface area contributed by atoms with Crippen LogP contribution in [0.1, 0.15) is 5.56 Å². The van der Waals surface area contributed by atoms with E-state index in [1.54, 1.807) is 24.3 Å². The van der Waals surface area contributed by atoms with Gasteiger partial charge in [-0.15, -0.1) is 5.10 Å². The number of rotatable bonds is 7. The highest BCUT2D eigenvalue weighted by molar-refractivity contribution is 5.73. The number of hydrogen-bond acceptors (Lipinski definition) is 5. The molecule has 0 aromatic heterocycles. The molecule has 0 unspecified atom stereocenters. The monoisotopic (exact) mass is 383 g/mol. The third-order valence-corrected chi connectivity index (χ3v) is 3.27. The van der Waals surface area contributed by atoms with Gasteiger partial charge in [-0.3, -0.25) is 10.3 Å². The fourth-order valence-electron chi connectivity index (χ4n) is 1.92. The number of benzene rings is 2. The molecule has 0 saturated carbocycles. The number of hydroxylamine groups is 2. The average Bonchev–Trinajstić information content (AvgIpc) is 2.66. The van der Waals surface area contributed by atoms with E-state index in [0.29, 0.717) is 11.4 Å². The number of amidine groups is 1. The summed E-state index contributed by atoms with van der Waals surface area (Å²) in [4.78, 5) is 5.43. The summed E-state index contributed by atoms with van der Waals surface area (Å²) in [5.41, 5.74) is 4.02. The van der Waals surface area contributed by atoms with Gasteiger partial charge in [0.15, 0.2) is 6.61 Å². The lowest BCUT2D eigenvalue weighted by Crippen LogP contribution is -2.33. The Balaban J connectivity index is 2.03. The third kappa shape index (κ3) is 7.45. The summed E-state index contributed by atoms with van der Waals surface area (Å²) in [5, 5.41) is 4.91. The molecule has 9 heteroatoms. The molecule has 0 radical (unpaired) electrons. The quantitative estimate of drug-likeness (QED) is 0.445. The smallest absolute Gasteiger partial charge is 0.422 e. The molecule has 0 aliphatic rings. The van der Waals surface area contributed by atoms with Gasteiger partial charge in [-0.2, -0.15) is 13.2 Å². The molecular weight excluding hydrogens is 363 g/mol. The maximum absolute atomic E-state index is 12.5. The predicted octanol–water partition coefficient (Wildman–Crippen LogP) is 4.02. The average molecular weight is 383 g/mol. The van der Waals surface area contributed by atoms with Crippen molar-refractivity contribution in [1.29, 1.82) is 0 Å². The van der Waals surface area contributed by atoms with E-state index in [0.717, 1.165) is 10.6 Å². The molecule has 0 atom stereocenters. The van der Waals surface area contributed by atoms with Crippen molar-refractivity contribution in [3.63, 3.8) is 0 Å². The molecule has 0 aliphatic heterocycles. The molecule has 0 amide bonds. The van der Waals surface area contributed by atoms with Crippen molar-refractivity contribution in [2.24, 2.45) is 5.10 Å². The zero-order valence-electron chi connectivity index (χ0n) is 14.9. The van der Waals surface area contributed by atoms with Gasteiger partial charge >= 0.3 is 12.2 Å². The Labute approximate surface area is 155 Å². The summed E-state index contributed by atoms with van der Waals surface area (Å²) in [6, 6.07) is 15.5. The second-order valence-corrected chi connectivity index (χ2v) is 5.40. The van der Waals surface area contributed by atoms with Gasteiger partial charge in [0.2, 0.25) is 0 Å². The zero-order chi connectivity index (χ0) is 19.7. The number of anilines is 1. The van der Waals surface area contributed by atoms with Crippen LogP contribution in [-0.2, 0) is 16.2 Å². The van der Waals surface area contributed by atoms with E-state index in [9.17, 15) is 13.2 Å². The lowest BCUT2D eigenvalue weighted by atomic mass is 10.2. The fourth-order valence-corrected chi connectivity index (χ4v) is 1.92. The van der Waals surface area contributed by atoms with Crippen LogP contribution in [0.5, 0.6) is 5.75 Å². The molecule has 6 nitrogen and oxygen atoms in total. The molecule has 0 heterocycles. The van der Waals surface area contributed by atoms with Crippen LogP contribution in [0.3, 0.4) is 0 Å². The van der Waals surface area contributed by atoms with Crippen molar-refractivity contribution in [3.8, 4) is 5.75 Å². The molecule has 2 aromatic carbocycles. The van der Waals surface area contributed by atoms with Crippen LogP contribution >= 0.6 is 0 Å². The molecule has 0 fully saturated rings. The Bertz CT molecular complexity index is 722. The number of methoxy groups -OCH3 is 1. The van der Waals surface area contributed by atoms with Crippen molar-refractivity contribution in [3.05, 3.63) is 60.2 Å². The van der Waals surface area contributed by atoms with Crippen LogP contribution in [0.4, 0.5) is 18.9 Å². The number of ether oxygens (including phenoxy) is 2. The topological polar surface area (TPSA) is 55.3 Å². The molecule has 146 valence electrons. The van der Waals surface area contributed by atoms with Crippen LogP contribution in [0.15, 0.2) is 59.7 Å². The van der Waals surface area contributed by atoms with Crippen molar-refractivity contribution in [2.45, 2.75) is 12.8 Å². The lowest BCUT2D eigenvalue weighted by molar-refractivity contribution is -0.168. The first-order valence-electron chi connectivity index (χ1n) is 7.95. The molecular formula is C18H20F3N3O3. The molecule has 0 saturated heterocycles. The SMILES string of the molecule is COc1ccc(N/N=C(/OCC(F)(F)F)N(C)OCc2ccccc2)cc1. The second kappa shape index (κ2) is 9.67. The highest BCUT2D eigenvalue weighted by Gasteiger charge is 2.30. The van der Waals surface area contributed by atoms with Gasteiger partial charge in [0.05, 0.1) is 12.8 Å². The summed E-state index contributed by atoms with van der Waals surface area (Å²) in [7, 11) is 2.94. The largest absolute Gasteiger partial charge is 0.497 e. The molecule has 27 heavy (non-hydrogen) atoms. The fraction of sp³-hybridized carbons (Fsp3) is 0.278. The minimum absolute atomic E-state index is 0.147. The van der Waals surface area contributed by atoms with Crippen LogP contribution in [-0.4, -0.2) is 38.0 Å². The first-order valence-corrected chi connectivity index (χ1v) is 7.95. The van der Waals surface area contributed by atoms with Crippen molar-refractivity contribution in [1.82, 2.24) is 5.06 Å². The summed E-state index contributed by atoms with van der Waals surface area (Å²) < 4.78 is 47.3. The van der Waals surface area contributed by atoms with E-state index < -0.39 is 12.8 Å². The standard InChI is InChI=1S/C18H20F3N3O3/c1-24(27-12-14-6-4-3-5-7-14)17(26-13-18(19,20)21)23-22-15-8-10-16(25-2)11-9-15/h3-11,22H,12-13H2,1-2H3/b23-17+. The zero-order valence-corrected chi connectivity index (χ0v) is 14.9. The third-order valence-electron chi connectivity index (χ3n) is 3.27. The molecule has 2 rings (SSSR count). The predicted molar refractivity (Wildman–Crippen MR) is 95.1 cm³/mol. The molecule has 0 spiro atoms. The Morgan fingerprint density at radius 2 is 1.74 bits per heavy atom. The van der Waals surface area contributed by atoms with Gasteiger partial charge in [-0.05, 0) is 29.8 Å². The maximum Gasteiger partial charge on any atom is 0.422 e. The normalized spacial score (nSPS) is 11.8. The van der Waals surface area contributed by atoms with E-state index in [1.165, 1.54) is 14.2 Å². The summed E-state index contributed by atoms with van der Waals surface area (Å²) in [6.45, 7) is -1.34. The van der Waals surface area contributed by atoms with Gasteiger partial charge < -0.3 is 9.47 Å². The van der Waals surface area contributed by atoms with E-state index >= 15 is 0 Å². The number of alkyl halides is 3. The highest BCUT2D eigenvalue weighted by atomic mass is 19.4. The summed E-state index contributed by atoms with van der Waals surface area (Å²) >= 11 is 0. The molecule has 2 aromatic rings. The van der Waals surface area contributed by atoms with Crippen LogP contribution in [0, 0.1) is 0 Å². The van der Waals surface area contributed by atoms with E-state index in [1.807, 2.05) is 30.3 Å². The Morgan fingerprint density at radius 1 is 1.07 bits per heavy atom. The second-order valence-electron chi connectivity index (χ2n) is 5.40. The van der Waals surface area contributed by atoms with Crippen molar-refractivity contribution >= 4 is 11.7 Å². The van der Waals surface area contributed by atoms with Crippen LogP contribution in [0.25, 0.3) is 0 Å². The molecule has 0 bridgehead atoms. The van der Waals surface area contributed by atoms with Gasteiger partial charge in [-0.25, -0.2) is 5.06 Å². The first-order chi connectivity index (χ1) is 12.9. The first kappa shape index (κ1) is 20.4. The highest BCUT2D eigenvalue weighted by Crippen LogP contribution is 2.17. The number of nitrogens with one attached hydrogen (secondary N) is 1.